The van der Waals surface area contributed by atoms with Crippen molar-refractivity contribution in [1.29, 1.82) is 0 Å². The zero-order valence-corrected chi connectivity index (χ0v) is 14.6. The fraction of sp³-hybridized carbons (Fsp3) is 0.167. The summed E-state index contributed by atoms with van der Waals surface area (Å²) in [5.74, 6) is 0.597. The van der Waals surface area contributed by atoms with E-state index in [0.717, 1.165) is 5.56 Å². The Morgan fingerprint density at radius 1 is 1.15 bits per heavy atom. The molecule has 0 bridgehead atoms. The van der Waals surface area contributed by atoms with Crippen LogP contribution in [0.1, 0.15) is 16.1 Å². The van der Waals surface area contributed by atoms with Crippen LogP contribution in [0, 0.1) is 0 Å². The molecule has 3 heterocycles. The molecule has 9 heteroatoms. The minimum Gasteiger partial charge on any atom is -0.475 e. The van der Waals surface area contributed by atoms with Gasteiger partial charge in [0.1, 0.15) is 12.3 Å². The molecule has 27 heavy (non-hydrogen) atoms. The third-order valence-electron chi connectivity index (χ3n) is 3.96. The molecule has 1 amide bonds. The maximum atomic E-state index is 12.9. The van der Waals surface area contributed by atoms with Crippen LogP contribution in [0.15, 0.2) is 53.9 Å². The number of rotatable bonds is 5. The van der Waals surface area contributed by atoms with E-state index in [1.54, 1.807) is 37.8 Å². The van der Waals surface area contributed by atoms with E-state index < -0.39 is 0 Å². The van der Waals surface area contributed by atoms with Crippen molar-refractivity contribution in [1.82, 2.24) is 19.7 Å². The lowest BCUT2D eigenvalue weighted by Crippen LogP contribution is -2.19. The van der Waals surface area contributed by atoms with E-state index in [4.69, 9.17) is 4.74 Å². The zero-order chi connectivity index (χ0) is 18.6. The van der Waals surface area contributed by atoms with Crippen molar-refractivity contribution in [2.75, 3.05) is 23.8 Å². The van der Waals surface area contributed by atoms with E-state index in [9.17, 15) is 4.79 Å². The first-order chi connectivity index (χ1) is 13.2. The summed E-state index contributed by atoms with van der Waals surface area (Å²) in [7, 11) is 1.70. The van der Waals surface area contributed by atoms with Crippen molar-refractivity contribution in [2.45, 2.75) is 0 Å². The number of ether oxygens (including phenoxy) is 1. The van der Waals surface area contributed by atoms with E-state index >= 15 is 0 Å². The number of para-hydroxylation sites is 1. The number of amides is 1. The number of carbonyl (C=O) groups excluding carboxylic acids is 1. The first-order valence-electron chi connectivity index (χ1n) is 8.36. The molecule has 0 aliphatic carbocycles. The van der Waals surface area contributed by atoms with Crippen LogP contribution in [-0.2, 0) is 11.8 Å². The van der Waals surface area contributed by atoms with Gasteiger partial charge in [-0.05, 0) is 18.2 Å². The van der Waals surface area contributed by atoms with Gasteiger partial charge in [0, 0.05) is 19.4 Å². The number of nitrogens with one attached hydrogen (secondary N) is 2. The molecule has 3 aromatic rings. The summed E-state index contributed by atoms with van der Waals surface area (Å²) < 4.78 is 7.02. The van der Waals surface area contributed by atoms with Gasteiger partial charge < -0.3 is 15.4 Å². The summed E-state index contributed by atoms with van der Waals surface area (Å²) in [5, 5.41) is 10.1. The summed E-state index contributed by atoms with van der Waals surface area (Å²) in [6.07, 6.45) is 4.79. The normalized spacial score (nSPS) is 13.0. The zero-order valence-electron chi connectivity index (χ0n) is 14.6. The highest BCUT2D eigenvalue weighted by atomic mass is 16.5. The Kier molecular flexibility index (Phi) is 4.48. The van der Waals surface area contributed by atoms with Gasteiger partial charge >= 0.3 is 0 Å². The Balaban J connectivity index is 1.61. The topological polar surface area (TPSA) is 106 Å². The van der Waals surface area contributed by atoms with Crippen molar-refractivity contribution in [3.63, 3.8) is 0 Å². The van der Waals surface area contributed by atoms with Crippen LogP contribution in [0.4, 0.5) is 17.3 Å². The average Bonchev–Trinajstić information content (AvgIpc) is 3.33. The van der Waals surface area contributed by atoms with Gasteiger partial charge in [-0.1, -0.05) is 12.1 Å². The molecule has 0 unspecified atom stereocenters. The lowest BCUT2D eigenvalue weighted by atomic mass is 10.1. The molecular weight excluding hydrogens is 346 g/mol. The third kappa shape index (κ3) is 3.47. The fourth-order valence-electron chi connectivity index (χ4n) is 2.74. The first-order valence-corrected chi connectivity index (χ1v) is 8.36. The quantitative estimate of drug-likeness (QED) is 0.718. The number of aliphatic imine (C=N–C) groups is 1. The molecule has 0 spiro atoms. The molecule has 9 nitrogen and oxygen atoms in total. The molecule has 1 aliphatic rings. The second-order valence-corrected chi connectivity index (χ2v) is 5.76. The predicted octanol–water partition coefficient (Wildman–Crippen LogP) is 1.98. The smallest absolute Gasteiger partial charge is 0.276 e. The second kappa shape index (κ2) is 7.24. The Labute approximate surface area is 155 Å². The number of carbonyl (C=O) groups is 1. The molecule has 1 aliphatic heterocycles. The summed E-state index contributed by atoms with van der Waals surface area (Å²) in [4.78, 5) is 25.5. The number of anilines is 3. The highest BCUT2D eigenvalue weighted by molar-refractivity contribution is 6.10. The monoisotopic (exact) mass is 363 g/mol. The molecule has 0 saturated carbocycles. The van der Waals surface area contributed by atoms with Crippen LogP contribution in [-0.4, -0.2) is 44.7 Å². The van der Waals surface area contributed by atoms with Crippen LogP contribution in [0.2, 0.25) is 0 Å². The van der Waals surface area contributed by atoms with Gasteiger partial charge in [-0.15, -0.1) is 0 Å². The second-order valence-electron chi connectivity index (χ2n) is 5.76. The maximum Gasteiger partial charge on any atom is 0.276 e. The lowest BCUT2D eigenvalue weighted by Gasteiger charge is -2.12. The Bertz CT molecular complexity index is 998. The summed E-state index contributed by atoms with van der Waals surface area (Å²) >= 11 is 0. The molecule has 0 atom stereocenters. The Hall–Kier alpha value is -3.75. The molecule has 0 fully saturated rings. The standard InChI is InChI=1S/C18H17N7O2/c1-25-15(14(11-22-25)24-18-20-7-4-8-21-18)16(26)23-13-6-3-2-5-12(13)17-19-9-10-27-17/h2-8,11H,9-10H2,1H3,(H,23,26)(H,20,21,24). The number of benzene rings is 1. The molecule has 1 aromatic carbocycles. The van der Waals surface area contributed by atoms with Crippen LogP contribution in [0.5, 0.6) is 0 Å². The summed E-state index contributed by atoms with van der Waals surface area (Å²) in [6, 6.07) is 9.10. The van der Waals surface area contributed by atoms with Crippen LogP contribution in [0.3, 0.4) is 0 Å². The van der Waals surface area contributed by atoms with Gasteiger partial charge in [-0.3, -0.25) is 9.48 Å². The summed E-state index contributed by atoms with van der Waals surface area (Å²) in [5.41, 5.74) is 2.22. The van der Waals surface area contributed by atoms with E-state index in [0.29, 0.717) is 42.1 Å². The van der Waals surface area contributed by atoms with Gasteiger partial charge in [-0.25, -0.2) is 15.0 Å². The Morgan fingerprint density at radius 3 is 2.74 bits per heavy atom. The van der Waals surface area contributed by atoms with Crippen molar-refractivity contribution < 1.29 is 9.53 Å². The molecule has 4 rings (SSSR count). The largest absolute Gasteiger partial charge is 0.475 e. The fourth-order valence-corrected chi connectivity index (χ4v) is 2.74. The number of aromatic nitrogens is 4. The third-order valence-corrected chi connectivity index (χ3v) is 3.96. The van der Waals surface area contributed by atoms with Crippen LogP contribution in [0.25, 0.3) is 0 Å². The van der Waals surface area contributed by atoms with Crippen molar-refractivity contribution in [2.24, 2.45) is 12.0 Å². The number of hydrogen-bond acceptors (Lipinski definition) is 7. The highest BCUT2D eigenvalue weighted by Crippen LogP contribution is 2.22. The molecular formula is C18H17N7O2. The average molecular weight is 363 g/mol. The van der Waals surface area contributed by atoms with Crippen LogP contribution < -0.4 is 10.6 Å². The number of aryl methyl sites for hydroxylation is 1. The van der Waals surface area contributed by atoms with E-state index in [1.807, 2.05) is 18.2 Å². The molecule has 2 N–H and O–H groups in total. The van der Waals surface area contributed by atoms with Gasteiger partial charge in [0.05, 0.1) is 29.7 Å². The highest BCUT2D eigenvalue weighted by Gasteiger charge is 2.21. The van der Waals surface area contributed by atoms with Crippen molar-refractivity contribution in [3.05, 3.63) is 60.2 Å². The minimum atomic E-state index is -0.320. The molecule has 0 saturated heterocycles. The van der Waals surface area contributed by atoms with Crippen molar-refractivity contribution in [3.8, 4) is 0 Å². The van der Waals surface area contributed by atoms with Gasteiger partial charge in [0.15, 0.2) is 0 Å². The van der Waals surface area contributed by atoms with Crippen LogP contribution >= 0.6 is 0 Å². The van der Waals surface area contributed by atoms with E-state index in [-0.39, 0.29) is 5.91 Å². The van der Waals surface area contributed by atoms with Gasteiger partial charge in [-0.2, -0.15) is 5.10 Å². The maximum absolute atomic E-state index is 12.9. The number of nitrogens with zero attached hydrogens (tertiary/aromatic N) is 5. The molecule has 136 valence electrons. The summed E-state index contributed by atoms with van der Waals surface area (Å²) in [6.45, 7) is 1.16. The van der Waals surface area contributed by atoms with Gasteiger partial charge in [0.25, 0.3) is 5.91 Å². The first kappa shape index (κ1) is 16.7. The van der Waals surface area contributed by atoms with E-state index in [2.05, 4.69) is 30.7 Å². The SMILES string of the molecule is Cn1ncc(Nc2ncccn2)c1C(=O)Nc1ccccc1C1=NCCO1. The molecule has 2 aromatic heterocycles. The number of hydrogen-bond donors (Lipinski definition) is 2. The predicted molar refractivity (Wildman–Crippen MR) is 100 cm³/mol. The Morgan fingerprint density at radius 2 is 1.96 bits per heavy atom. The van der Waals surface area contributed by atoms with E-state index in [1.165, 1.54) is 4.68 Å². The van der Waals surface area contributed by atoms with Gasteiger partial charge in [0.2, 0.25) is 11.8 Å². The molecule has 0 radical (unpaired) electrons. The lowest BCUT2D eigenvalue weighted by molar-refractivity contribution is 0.101. The van der Waals surface area contributed by atoms with Crippen molar-refractivity contribution >= 4 is 29.1 Å². The minimum absolute atomic E-state index is 0.320.